The number of unbranched alkanes of at least 4 members (excludes halogenated alkanes) is 1. The van der Waals surface area contributed by atoms with Gasteiger partial charge in [-0.05, 0) is 83.8 Å². The van der Waals surface area contributed by atoms with Crippen molar-refractivity contribution in [3.05, 3.63) is 103 Å². The molecule has 2 atom stereocenters. The molecule has 0 radical (unpaired) electrons. The molecule has 0 amide bonds. The van der Waals surface area contributed by atoms with E-state index < -0.39 is 16.6 Å². The van der Waals surface area contributed by atoms with Crippen molar-refractivity contribution in [3.63, 3.8) is 0 Å². The third-order valence-electron chi connectivity index (χ3n) is 9.35. The Morgan fingerprint density at radius 1 is 0.717 bits per heavy atom. The molecule has 0 saturated carbocycles. The minimum Gasteiger partial charge on any atom is -0.497 e. The van der Waals surface area contributed by atoms with Crippen LogP contribution in [0, 0.1) is 0 Å². The summed E-state index contributed by atoms with van der Waals surface area (Å²) >= 11 is 0. The van der Waals surface area contributed by atoms with Gasteiger partial charge in [-0.25, -0.2) is 0 Å². The maximum absolute atomic E-state index is 7.52. The first-order valence-corrected chi connectivity index (χ1v) is 21.9. The molecular weight excluding hydrogens is 601 g/mol. The van der Waals surface area contributed by atoms with E-state index in [4.69, 9.17) is 18.3 Å². The number of hydrogen-bond acceptors (Lipinski definition) is 4. The average Bonchev–Trinajstić information content (AvgIpc) is 3.01. The van der Waals surface area contributed by atoms with Crippen molar-refractivity contribution in [3.8, 4) is 5.75 Å². The van der Waals surface area contributed by atoms with Gasteiger partial charge >= 0.3 is 0 Å². The molecule has 0 bridgehead atoms. The third kappa shape index (κ3) is 10.5. The lowest BCUT2D eigenvalue weighted by Crippen LogP contribution is -2.67. The SMILES string of the molecule is COc1ccc(COCC[C@@H](C=CCCC[C@@H](C)O[Si](C)(C)C(C)(C)C)O[Si](c2ccccc2)(c2ccccc2)C(C)(C)C)cc1. The molecule has 3 rings (SSSR count). The summed E-state index contributed by atoms with van der Waals surface area (Å²) < 4.78 is 25.7. The van der Waals surface area contributed by atoms with Crippen LogP contribution in [0.5, 0.6) is 5.75 Å². The number of allylic oxidation sites excluding steroid dienone is 1. The van der Waals surface area contributed by atoms with Crippen LogP contribution in [0.2, 0.25) is 23.2 Å². The zero-order valence-electron chi connectivity index (χ0n) is 30.3. The van der Waals surface area contributed by atoms with Crippen molar-refractivity contribution < 1.29 is 18.3 Å². The lowest BCUT2D eigenvalue weighted by Gasteiger charge is -2.44. The maximum atomic E-state index is 7.52. The van der Waals surface area contributed by atoms with Crippen LogP contribution in [0.15, 0.2) is 97.1 Å². The average molecular weight is 661 g/mol. The molecule has 0 aromatic heterocycles. The normalized spacial score (nSPS) is 14.4. The topological polar surface area (TPSA) is 36.9 Å². The molecule has 252 valence electrons. The van der Waals surface area contributed by atoms with E-state index in [-0.39, 0.29) is 22.3 Å². The van der Waals surface area contributed by atoms with Crippen molar-refractivity contribution in [2.45, 2.75) is 116 Å². The van der Waals surface area contributed by atoms with Gasteiger partial charge in [0, 0.05) is 12.7 Å². The first-order chi connectivity index (χ1) is 21.7. The Hall–Kier alpha value is -2.49. The standard InChI is InChI=1S/C40H60O4Si2/c1-33(43-45(9,10)39(2,3)4)20-14-11-15-21-36(30-31-42-32-34-26-28-35(41-8)29-27-34)44-46(40(5,6)7,37-22-16-12-17-23-37)38-24-18-13-19-25-38/h12-13,15-19,21-29,33,36H,11,14,20,30-32H2,1-10H3/t33-,36-/m1/s1. The number of ether oxygens (including phenoxy) is 2. The lowest BCUT2D eigenvalue weighted by atomic mass is 10.1. The third-order valence-corrected chi connectivity index (χ3v) is 19.0. The highest BCUT2D eigenvalue weighted by atomic mass is 28.4. The second-order valence-electron chi connectivity index (χ2n) is 15.1. The summed E-state index contributed by atoms with van der Waals surface area (Å²) in [6.07, 6.45) is 8.74. The molecule has 3 aromatic rings. The maximum Gasteiger partial charge on any atom is 0.261 e. The van der Waals surface area contributed by atoms with E-state index in [0.29, 0.717) is 13.2 Å². The molecule has 0 unspecified atom stereocenters. The van der Waals surface area contributed by atoms with Crippen molar-refractivity contribution in [2.24, 2.45) is 0 Å². The smallest absolute Gasteiger partial charge is 0.261 e. The van der Waals surface area contributed by atoms with Gasteiger partial charge in [0.05, 0.1) is 19.8 Å². The van der Waals surface area contributed by atoms with E-state index in [2.05, 4.69) is 147 Å². The number of methoxy groups -OCH3 is 1. The van der Waals surface area contributed by atoms with Crippen molar-refractivity contribution in [2.75, 3.05) is 13.7 Å². The zero-order chi connectivity index (χ0) is 33.8. The zero-order valence-corrected chi connectivity index (χ0v) is 32.3. The lowest BCUT2D eigenvalue weighted by molar-refractivity contribution is 0.0918. The first-order valence-electron chi connectivity index (χ1n) is 17.0. The molecule has 4 nitrogen and oxygen atoms in total. The Kier molecular flexibility index (Phi) is 14.1. The predicted octanol–water partition coefficient (Wildman–Crippen LogP) is 9.68. The fourth-order valence-corrected chi connectivity index (χ4v) is 11.9. The van der Waals surface area contributed by atoms with Crippen LogP contribution in [-0.2, 0) is 20.2 Å². The van der Waals surface area contributed by atoms with E-state index in [0.717, 1.165) is 37.0 Å². The Morgan fingerprint density at radius 2 is 1.28 bits per heavy atom. The van der Waals surface area contributed by atoms with E-state index in [9.17, 15) is 0 Å². The van der Waals surface area contributed by atoms with Gasteiger partial charge in [0.1, 0.15) is 5.75 Å². The van der Waals surface area contributed by atoms with E-state index >= 15 is 0 Å². The van der Waals surface area contributed by atoms with Gasteiger partial charge in [-0.3, -0.25) is 0 Å². The summed E-state index contributed by atoms with van der Waals surface area (Å²) in [4.78, 5) is 0. The highest BCUT2D eigenvalue weighted by molar-refractivity contribution is 6.99. The molecule has 0 aliphatic rings. The summed E-state index contributed by atoms with van der Waals surface area (Å²) in [7, 11) is -2.79. The summed E-state index contributed by atoms with van der Waals surface area (Å²) in [5.41, 5.74) is 1.13. The monoisotopic (exact) mass is 660 g/mol. The van der Waals surface area contributed by atoms with Crippen molar-refractivity contribution >= 4 is 27.0 Å². The van der Waals surface area contributed by atoms with Gasteiger partial charge in [0.15, 0.2) is 8.32 Å². The molecule has 0 aliphatic heterocycles. The molecule has 0 N–H and O–H groups in total. The molecule has 0 fully saturated rings. The summed E-state index contributed by atoms with van der Waals surface area (Å²) in [6, 6.07) is 29.9. The van der Waals surface area contributed by atoms with Crippen LogP contribution in [-0.4, -0.2) is 42.6 Å². The highest BCUT2D eigenvalue weighted by Gasteiger charge is 2.51. The van der Waals surface area contributed by atoms with Gasteiger partial charge in [-0.15, -0.1) is 0 Å². The van der Waals surface area contributed by atoms with E-state index in [1.807, 2.05) is 12.1 Å². The Labute approximate surface area is 282 Å². The van der Waals surface area contributed by atoms with Crippen LogP contribution in [0.4, 0.5) is 0 Å². The summed E-state index contributed by atoms with van der Waals surface area (Å²) in [5.74, 6) is 0.855. The molecule has 0 saturated heterocycles. The predicted molar refractivity (Wildman–Crippen MR) is 200 cm³/mol. The fraction of sp³-hybridized carbons (Fsp3) is 0.500. The van der Waals surface area contributed by atoms with Gasteiger partial charge < -0.3 is 18.3 Å². The number of benzene rings is 3. The Bertz CT molecular complexity index is 1270. The largest absolute Gasteiger partial charge is 0.497 e. The second kappa shape index (κ2) is 17.1. The van der Waals surface area contributed by atoms with Crippen molar-refractivity contribution in [1.29, 1.82) is 0 Å². The van der Waals surface area contributed by atoms with Gasteiger partial charge in [0.25, 0.3) is 8.32 Å². The van der Waals surface area contributed by atoms with E-state index in [1.165, 1.54) is 10.4 Å². The molecule has 0 heterocycles. The first kappa shape index (κ1) is 38.0. The van der Waals surface area contributed by atoms with Gasteiger partial charge in [-0.1, -0.05) is 126 Å². The quantitative estimate of drug-likeness (QED) is 0.0821. The Balaban J connectivity index is 1.80. The van der Waals surface area contributed by atoms with Crippen molar-refractivity contribution in [1.82, 2.24) is 0 Å². The molecule has 0 spiro atoms. The summed E-state index contributed by atoms with van der Waals surface area (Å²) in [5, 5.41) is 2.72. The molecule has 46 heavy (non-hydrogen) atoms. The summed E-state index contributed by atoms with van der Waals surface area (Å²) in [6.45, 7) is 22.0. The number of hydrogen-bond donors (Lipinski definition) is 0. The van der Waals surface area contributed by atoms with Crippen LogP contribution in [0.3, 0.4) is 0 Å². The van der Waals surface area contributed by atoms with E-state index in [1.54, 1.807) is 7.11 Å². The number of rotatable bonds is 17. The Morgan fingerprint density at radius 3 is 1.78 bits per heavy atom. The molecular formula is C40H60O4Si2. The van der Waals surface area contributed by atoms with Gasteiger partial charge in [0.2, 0.25) is 0 Å². The van der Waals surface area contributed by atoms with Crippen LogP contribution < -0.4 is 15.1 Å². The van der Waals surface area contributed by atoms with Crippen LogP contribution in [0.25, 0.3) is 0 Å². The minimum absolute atomic E-state index is 0.0805. The van der Waals surface area contributed by atoms with Crippen LogP contribution in [0.1, 0.15) is 79.7 Å². The van der Waals surface area contributed by atoms with Gasteiger partial charge in [-0.2, -0.15) is 0 Å². The highest BCUT2D eigenvalue weighted by Crippen LogP contribution is 2.39. The molecule has 6 heteroatoms. The van der Waals surface area contributed by atoms with Crippen LogP contribution >= 0.6 is 0 Å². The second-order valence-corrected chi connectivity index (χ2v) is 24.1. The molecule has 0 aliphatic carbocycles. The molecule has 3 aromatic carbocycles. The minimum atomic E-state index is -2.71. The fourth-order valence-electron chi connectivity index (χ4n) is 5.73.